The van der Waals surface area contributed by atoms with Crippen molar-refractivity contribution in [2.75, 3.05) is 13.1 Å². The Kier molecular flexibility index (Phi) is 6.80. The lowest BCUT2D eigenvalue weighted by molar-refractivity contribution is -0.137. The molecule has 0 aromatic heterocycles. The second-order valence-electron chi connectivity index (χ2n) is 7.17. The molecule has 1 amide bonds. The quantitative estimate of drug-likeness (QED) is 0.678. The van der Waals surface area contributed by atoms with Gasteiger partial charge in [-0.15, -0.1) is 0 Å². The Hall–Kier alpha value is -2.12. The highest BCUT2D eigenvalue weighted by Crippen LogP contribution is 2.29. The first-order valence-corrected chi connectivity index (χ1v) is 9.71. The van der Waals surface area contributed by atoms with Crippen LogP contribution in [-0.2, 0) is 24.1 Å². The van der Waals surface area contributed by atoms with Crippen LogP contribution in [0.1, 0.15) is 29.5 Å². The fourth-order valence-electron chi connectivity index (χ4n) is 3.45. The molecule has 2 aromatic rings. The molecular weight excluding hydrogens is 408 g/mol. The van der Waals surface area contributed by atoms with Crippen LogP contribution in [0.25, 0.3) is 0 Å². The van der Waals surface area contributed by atoms with Gasteiger partial charge in [0.1, 0.15) is 5.82 Å². The molecule has 1 aliphatic rings. The molecule has 1 saturated heterocycles. The Labute approximate surface area is 171 Å². The van der Waals surface area contributed by atoms with Gasteiger partial charge in [-0.1, -0.05) is 29.8 Å². The Bertz CT molecular complexity index is 844. The van der Waals surface area contributed by atoms with Gasteiger partial charge in [0.2, 0.25) is 5.91 Å². The molecule has 3 nitrogen and oxygen atoms in total. The third kappa shape index (κ3) is 5.70. The van der Waals surface area contributed by atoms with Gasteiger partial charge in [-0.05, 0) is 55.8 Å². The topological polar surface area (TPSA) is 32.3 Å². The highest BCUT2D eigenvalue weighted by atomic mass is 35.5. The van der Waals surface area contributed by atoms with E-state index in [4.69, 9.17) is 11.6 Å². The van der Waals surface area contributed by atoms with Crippen molar-refractivity contribution in [1.82, 2.24) is 10.2 Å². The highest BCUT2D eigenvalue weighted by Gasteiger charge is 2.30. The van der Waals surface area contributed by atoms with Crippen LogP contribution in [0.15, 0.2) is 42.5 Å². The third-order valence-electron chi connectivity index (χ3n) is 5.12. The van der Waals surface area contributed by atoms with Gasteiger partial charge < -0.3 is 5.32 Å². The van der Waals surface area contributed by atoms with Crippen LogP contribution in [0.2, 0.25) is 5.02 Å². The summed E-state index contributed by atoms with van der Waals surface area (Å²) in [5, 5.41) is 3.10. The molecule has 0 unspecified atom stereocenters. The molecule has 1 heterocycles. The summed E-state index contributed by atoms with van der Waals surface area (Å²) in [4.78, 5) is 14.4. The predicted molar refractivity (Wildman–Crippen MR) is 103 cm³/mol. The van der Waals surface area contributed by atoms with Crippen molar-refractivity contribution in [3.63, 3.8) is 0 Å². The molecule has 0 atom stereocenters. The number of benzene rings is 2. The van der Waals surface area contributed by atoms with Crippen molar-refractivity contribution in [3.8, 4) is 0 Å². The molecule has 1 fully saturated rings. The van der Waals surface area contributed by atoms with Crippen LogP contribution in [-0.4, -0.2) is 23.9 Å². The number of rotatable bonds is 5. The number of hydrogen-bond acceptors (Lipinski definition) is 2. The van der Waals surface area contributed by atoms with Crippen LogP contribution in [0, 0.1) is 11.7 Å². The molecule has 8 heteroatoms. The lowest BCUT2D eigenvalue weighted by Crippen LogP contribution is -2.40. The first-order chi connectivity index (χ1) is 13.7. The summed E-state index contributed by atoms with van der Waals surface area (Å²) in [5.74, 6) is -0.738. The maximum Gasteiger partial charge on any atom is 0.416 e. The Morgan fingerprint density at radius 1 is 1.14 bits per heavy atom. The summed E-state index contributed by atoms with van der Waals surface area (Å²) >= 11 is 6.07. The molecule has 0 spiro atoms. The first-order valence-electron chi connectivity index (χ1n) is 9.33. The normalized spacial score (nSPS) is 16.0. The summed E-state index contributed by atoms with van der Waals surface area (Å²) in [6, 6.07) is 9.50. The van der Waals surface area contributed by atoms with E-state index in [0.29, 0.717) is 48.6 Å². The van der Waals surface area contributed by atoms with E-state index in [2.05, 4.69) is 5.32 Å². The van der Waals surface area contributed by atoms with Crippen molar-refractivity contribution < 1.29 is 22.4 Å². The van der Waals surface area contributed by atoms with Crippen LogP contribution in [0.4, 0.5) is 17.6 Å². The van der Waals surface area contributed by atoms with E-state index in [1.54, 1.807) is 18.2 Å². The van der Waals surface area contributed by atoms with Gasteiger partial charge in [-0.25, -0.2) is 4.39 Å². The first kappa shape index (κ1) is 21.6. The molecule has 2 aromatic carbocycles. The molecular formula is C21H21ClF4N2O. The maximum absolute atomic E-state index is 13.9. The van der Waals surface area contributed by atoms with Gasteiger partial charge in [0, 0.05) is 29.6 Å². The van der Waals surface area contributed by atoms with Crippen LogP contribution < -0.4 is 5.32 Å². The number of carbonyl (C=O) groups is 1. The molecule has 1 aliphatic heterocycles. The lowest BCUT2D eigenvalue weighted by Gasteiger charge is -2.31. The van der Waals surface area contributed by atoms with Crippen molar-refractivity contribution in [2.24, 2.45) is 5.92 Å². The van der Waals surface area contributed by atoms with Crippen molar-refractivity contribution in [2.45, 2.75) is 32.1 Å². The van der Waals surface area contributed by atoms with Gasteiger partial charge in [0.25, 0.3) is 0 Å². The molecule has 1 N–H and O–H groups in total. The minimum absolute atomic E-state index is 0.0494. The molecule has 156 valence electrons. The van der Waals surface area contributed by atoms with E-state index >= 15 is 0 Å². The molecule has 29 heavy (non-hydrogen) atoms. The number of nitrogens with zero attached hydrogens (tertiary/aromatic N) is 1. The van der Waals surface area contributed by atoms with Crippen molar-refractivity contribution >= 4 is 17.5 Å². The second-order valence-corrected chi connectivity index (χ2v) is 7.57. The third-order valence-corrected chi connectivity index (χ3v) is 5.48. The minimum Gasteiger partial charge on any atom is -0.352 e. The standard InChI is InChI=1S/C21H21ClF4N2O/c22-18-5-2-6-19(23)17(18)13-28-9-7-15(8-10-28)20(29)27-12-14-3-1-4-16(11-14)21(24,25)26/h1-6,11,15H,7-10,12-13H2,(H,27,29). The van der Waals surface area contributed by atoms with Gasteiger partial charge >= 0.3 is 6.18 Å². The van der Waals surface area contributed by atoms with Crippen LogP contribution in [0.5, 0.6) is 0 Å². The summed E-state index contributed by atoms with van der Waals surface area (Å²) in [6.45, 7) is 1.66. The van der Waals surface area contributed by atoms with Gasteiger partial charge in [0.15, 0.2) is 0 Å². The maximum atomic E-state index is 13.9. The lowest BCUT2D eigenvalue weighted by atomic mass is 9.95. The van der Waals surface area contributed by atoms with Crippen molar-refractivity contribution in [1.29, 1.82) is 0 Å². The number of likely N-dealkylation sites (tertiary alicyclic amines) is 1. The molecule has 0 aliphatic carbocycles. The molecule has 0 radical (unpaired) electrons. The van der Waals surface area contributed by atoms with E-state index in [1.165, 1.54) is 12.1 Å². The van der Waals surface area contributed by atoms with Crippen molar-refractivity contribution in [3.05, 3.63) is 70.0 Å². The van der Waals surface area contributed by atoms with Gasteiger partial charge in [-0.3, -0.25) is 9.69 Å². The number of piperidine rings is 1. The van der Waals surface area contributed by atoms with E-state index in [1.807, 2.05) is 4.90 Å². The fraction of sp³-hybridized carbons (Fsp3) is 0.381. The predicted octanol–water partition coefficient (Wildman–Crippen LogP) is 5.03. The zero-order valence-corrected chi connectivity index (χ0v) is 16.4. The summed E-state index contributed by atoms with van der Waals surface area (Å²) < 4.78 is 52.3. The Morgan fingerprint density at radius 2 is 1.83 bits per heavy atom. The van der Waals surface area contributed by atoms with E-state index < -0.39 is 11.7 Å². The summed E-state index contributed by atoms with van der Waals surface area (Å²) in [6.07, 6.45) is -3.21. The number of halogens is 5. The number of hydrogen-bond donors (Lipinski definition) is 1. The van der Waals surface area contributed by atoms with Crippen LogP contribution >= 0.6 is 11.6 Å². The summed E-state index contributed by atoms with van der Waals surface area (Å²) in [7, 11) is 0. The number of amides is 1. The monoisotopic (exact) mass is 428 g/mol. The van der Waals surface area contributed by atoms with Gasteiger partial charge in [-0.2, -0.15) is 13.2 Å². The van der Waals surface area contributed by atoms with E-state index in [0.717, 1.165) is 12.1 Å². The smallest absolute Gasteiger partial charge is 0.352 e. The van der Waals surface area contributed by atoms with E-state index in [-0.39, 0.29) is 24.2 Å². The summed E-state index contributed by atoms with van der Waals surface area (Å²) in [5.41, 5.74) is 0.116. The van der Waals surface area contributed by atoms with Crippen LogP contribution in [0.3, 0.4) is 0 Å². The number of carbonyl (C=O) groups excluding carboxylic acids is 1. The number of alkyl halides is 3. The minimum atomic E-state index is -4.41. The molecule has 0 saturated carbocycles. The largest absolute Gasteiger partial charge is 0.416 e. The second kappa shape index (κ2) is 9.13. The molecule has 3 rings (SSSR count). The average Bonchev–Trinajstić information content (AvgIpc) is 2.69. The Morgan fingerprint density at radius 3 is 2.48 bits per heavy atom. The van der Waals surface area contributed by atoms with E-state index in [9.17, 15) is 22.4 Å². The Balaban J connectivity index is 1.49. The zero-order chi connectivity index (χ0) is 21.0. The average molecular weight is 429 g/mol. The fourth-order valence-corrected chi connectivity index (χ4v) is 3.67. The zero-order valence-electron chi connectivity index (χ0n) is 15.6. The number of nitrogens with one attached hydrogen (secondary N) is 1. The highest BCUT2D eigenvalue weighted by molar-refractivity contribution is 6.31. The SMILES string of the molecule is O=C(NCc1cccc(C(F)(F)F)c1)C1CCN(Cc2c(F)cccc2Cl)CC1. The molecule has 0 bridgehead atoms. The van der Waals surface area contributed by atoms with Gasteiger partial charge in [0.05, 0.1) is 5.56 Å².